The van der Waals surface area contributed by atoms with Gasteiger partial charge in [0.05, 0.1) is 17.4 Å². The summed E-state index contributed by atoms with van der Waals surface area (Å²) in [7, 11) is 0. The lowest BCUT2D eigenvalue weighted by Gasteiger charge is -2.15. The minimum Gasteiger partial charge on any atom is -0.349 e. The smallest absolute Gasteiger partial charge is 0.258 e. The minimum atomic E-state index is -0.284. The van der Waals surface area contributed by atoms with Crippen LogP contribution in [-0.2, 0) is 4.79 Å². The van der Waals surface area contributed by atoms with Crippen molar-refractivity contribution in [1.82, 2.24) is 10.3 Å². The normalized spacial score (nSPS) is 11.6. The fourth-order valence-electron chi connectivity index (χ4n) is 3.19. The van der Waals surface area contributed by atoms with Crippen molar-refractivity contribution in [3.8, 4) is 0 Å². The second-order valence-electron chi connectivity index (χ2n) is 7.21. The maximum absolute atomic E-state index is 13.0. The molecule has 0 saturated carbocycles. The number of pyridine rings is 1. The molecule has 3 aromatic rings. The van der Waals surface area contributed by atoms with Gasteiger partial charge in [0.1, 0.15) is 5.03 Å². The number of aromatic nitrogens is 1. The monoisotopic (exact) mass is 453 g/mol. The molecule has 0 aliphatic carbocycles. The van der Waals surface area contributed by atoms with E-state index >= 15 is 0 Å². The number of carbonyl (C=O) groups is 2. The van der Waals surface area contributed by atoms with Crippen LogP contribution in [0.2, 0.25) is 5.02 Å². The molecule has 7 heteroatoms. The summed E-state index contributed by atoms with van der Waals surface area (Å²) < 4.78 is 0. The average Bonchev–Trinajstić information content (AvgIpc) is 2.72. The van der Waals surface area contributed by atoms with Gasteiger partial charge in [0.25, 0.3) is 5.91 Å². The van der Waals surface area contributed by atoms with Crippen LogP contribution in [0, 0.1) is 13.8 Å². The first kappa shape index (κ1) is 22.8. The van der Waals surface area contributed by atoms with Crippen molar-refractivity contribution in [2.75, 3.05) is 11.1 Å². The lowest BCUT2D eigenvalue weighted by molar-refractivity contribution is -0.119. The molecule has 0 unspecified atom stereocenters. The fraction of sp³-hybridized carbons (Fsp3) is 0.208. The Morgan fingerprint density at radius 3 is 2.52 bits per heavy atom. The highest BCUT2D eigenvalue weighted by Crippen LogP contribution is 2.26. The molecule has 1 heterocycles. The highest BCUT2D eigenvalue weighted by molar-refractivity contribution is 8.00. The number of carbonyl (C=O) groups excluding carboxylic acids is 2. The summed E-state index contributed by atoms with van der Waals surface area (Å²) in [5.41, 5.74) is 3.68. The number of hydrogen-bond donors (Lipinski definition) is 2. The van der Waals surface area contributed by atoms with E-state index in [2.05, 4.69) is 15.6 Å². The van der Waals surface area contributed by atoms with Gasteiger partial charge in [0, 0.05) is 16.4 Å². The molecule has 1 atom stereocenters. The zero-order chi connectivity index (χ0) is 22.4. The van der Waals surface area contributed by atoms with Gasteiger partial charge in [-0.05, 0) is 56.2 Å². The largest absolute Gasteiger partial charge is 0.349 e. The van der Waals surface area contributed by atoms with Crippen molar-refractivity contribution in [2.45, 2.75) is 31.8 Å². The molecule has 1 aromatic heterocycles. The lowest BCUT2D eigenvalue weighted by atomic mass is 10.1. The number of thioether (sulfide) groups is 1. The van der Waals surface area contributed by atoms with Gasteiger partial charge < -0.3 is 10.6 Å². The Morgan fingerprint density at radius 2 is 1.81 bits per heavy atom. The van der Waals surface area contributed by atoms with Gasteiger partial charge in [-0.25, -0.2) is 4.98 Å². The van der Waals surface area contributed by atoms with Crippen LogP contribution in [0.1, 0.15) is 40.1 Å². The zero-order valence-corrected chi connectivity index (χ0v) is 19.2. The van der Waals surface area contributed by atoms with Crippen molar-refractivity contribution in [3.63, 3.8) is 0 Å². The Bertz CT molecular complexity index is 1090. The van der Waals surface area contributed by atoms with Crippen molar-refractivity contribution in [3.05, 3.63) is 88.1 Å². The molecule has 0 fully saturated rings. The van der Waals surface area contributed by atoms with Gasteiger partial charge in [-0.15, -0.1) is 0 Å². The SMILES string of the molecule is Cc1cc(C)c(C(=O)Nc2cccc(Cl)c2)c(SCC(=O)N[C@@H](C)c2ccccc2)n1. The van der Waals surface area contributed by atoms with E-state index in [1.165, 1.54) is 11.8 Å². The molecule has 0 bridgehead atoms. The highest BCUT2D eigenvalue weighted by Gasteiger charge is 2.19. The first-order valence-corrected chi connectivity index (χ1v) is 11.2. The van der Waals surface area contributed by atoms with Gasteiger partial charge in [0.2, 0.25) is 5.91 Å². The summed E-state index contributed by atoms with van der Waals surface area (Å²) in [6.07, 6.45) is 0. The molecule has 160 valence electrons. The van der Waals surface area contributed by atoms with Crippen LogP contribution < -0.4 is 10.6 Å². The molecule has 5 nitrogen and oxygen atoms in total. The molecule has 2 aromatic carbocycles. The number of hydrogen-bond acceptors (Lipinski definition) is 4. The van der Waals surface area contributed by atoms with Crippen molar-refractivity contribution in [2.24, 2.45) is 0 Å². The third-order valence-corrected chi connectivity index (χ3v) is 5.85. The lowest BCUT2D eigenvalue weighted by Crippen LogP contribution is -2.28. The molecule has 31 heavy (non-hydrogen) atoms. The Hall–Kier alpha value is -2.83. The number of rotatable bonds is 7. The van der Waals surface area contributed by atoms with Crippen LogP contribution in [-0.4, -0.2) is 22.6 Å². The Labute approximate surface area is 191 Å². The third-order valence-electron chi connectivity index (χ3n) is 4.64. The van der Waals surface area contributed by atoms with E-state index in [9.17, 15) is 9.59 Å². The van der Waals surface area contributed by atoms with Crippen LogP contribution in [0.5, 0.6) is 0 Å². The third kappa shape index (κ3) is 6.32. The number of nitrogens with one attached hydrogen (secondary N) is 2. The van der Waals surface area contributed by atoms with Crippen LogP contribution in [0.3, 0.4) is 0 Å². The summed E-state index contributed by atoms with van der Waals surface area (Å²) in [4.78, 5) is 30.0. The van der Waals surface area contributed by atoms with Crippen LogP contribution >= 0.6 is 23.4 Å². The first-order chi connectivity index (χ1) is 14.8. The second-order valence-corrected chi connectivity index (χ2v) is 8.61. The van der Waals surface area contributed by atoms with E-state index < -0.39 is 0 Å². The molecule has 0 aliphatic rings. The summed E-state index contributed by atoms with van der Waals surface area (Å²) in [6.45, 7) is 5.67. The molecule has 0 spiro atoms. The molecule has 2 amide bonds. The molecule has 0 radical (unpaired) electrons. The quantitative estimate of drug-likeness (QED) is 0.458. The second kappa shape index (κ2) is 10.5. The van der Waals surface area contributed by atoms with Crippen LogP contribution in [0.25, 0.3) is 0 Å². The molecule has 0 saturated heterocycles. The van der Waals surface area contributed by atoms with E-state index in [1.807, 2.05) is 57.2 Å². The first-order valence-electron chi connectivity index (χ1n) is 9.85. The van der Waals surface area contributed by atoms with Crippen LogP contribution in [0.15, 0.2) is 65.7 Å². The maximum Gasteiger partial charge on any atom is 0.258 e. The topological polar surface area (TPSA) is 71.1 Å². The summed E-state index contributed by atoms with van der Waals surface area (Å²) in [5, 5.41) is 6.92. The van der Waals surface area contributed by atoms with Gasteiger partial charge in [-0.2, -0.15) is 0 Å². The van der Waals surface area contributed by atoms with E-state index in [0.717, 1.165) is 16.8 Å². The van der Waals surface area contributed by atoms with Crippen molar-refractivity contribution >= 4 is 40.9 Å². The number of amides is 2. The van der Waals surface area contributed by atoms with E-state index in [-0.39, 0.29) is 23.6 Å². The summed E-state index contributed by atoms with van der Waals surface area (Å²) >= 11 is 7.27. The molecular formula is C24H24ClN3O2S. The van der Waals surface area contributed by atoms with E-state index in [1.54, 1.807) is 24.3 Å². The van der Waals surface area contributed by atoms with E-state index in [0.29, 0.717) is 21.3 Å². The van der Waals surface area contributed by atoms with Gasteiger partial charge in [0.15, 0.2) is 0 Å². The number of benzene rings is 2. The summed E-state index contributed by atoms with van der Waals surface area (Å²) in [6, 6.07) is 18.5. The predicted octanol–water partition coefficient (Wildman–Crippen LogP) is 5.57. The number of nitrogens with zero attached hydrogens (tertiary/aromatic N) is 1. The average molecular weight is 454 g/mol. The number of halogens is 1. The van der Waals surface area contributed by atoms with Crippen LogP contribution in [0.4, 0.5) is 5.69 Å². The van der Waals surface area contributed by atoms with Gasteiger partial charge in [-0.3, -0.25) is 9.59 Å². The Kier molecular flexibility index (Phi) is 7.71. The fourth-order valence-corrected chi connectivity index (χ4v) is 4.33. The molecule has 2 N–H and O–H groups in total. The van der Waals surface area contributed by atoms with Gasteiger partial charge in [-0.1, -0.05) is 59.8 Å². The van der Waals surface area contributed by atoms with E-state index in [4.69, 9.17) is 11.6 Å². The number of aryl methyl sites for hydroxylation is 2. The Balaban J connectivity index is 1.72. The Morgan fingerprint density at radius 1 is 1.06 bits per heavy atom. The van der Waals surface area contributed by atoms with Crippen molar-refractivity contribution in [1.29, 1.82) is 0 Å². The standard InChI is InChI=1S/C24H24ClN3O2S/c1-15-12-16(2)26-24(22(15)23(30)28-20-11-7-10-19(25)13-20)31-14-21(29)27-17(3)18-8-5-4-6-9-18/h4-13,17H,14H2,1-3H3,(H,27,29)(H,28,30)/t17-/m0/s1. The van der Waals surface area contributed by atoms with Crippen molar-refractivity contribution < 1.29 is 9.59 Å². The predicted molar refractivity (Wildman–Crippen MR) is 127 cm³/mol. The highest BCUT2D eigenvalue weighted by atomic mass is 35.5. The molecular weight excluding hydrogens is 430 g/mol. The summed E-state index contributed by atoms with van der Waals surface area (Å²) in [5.74, 6) is -0.249. The maximum atomic E-state index is 13.0. The molecule has 3 rings (SSSR count). The number of anilines is 1. The van der Waals surface area contributed by atoms with Gasteiger partial charge >= 0.3 is 0 Å². The minimum absolute atomic E-state index is 0.105. The zero-order valence-electron chi connectivity index (χ0n) is 17.6. The molecule has 0 aliphatic heterocycles.